The standard InChI is InChI=1S/C12H11BrN2O2S/c1-7-2-3-9(13)10(4-7)15-12-14-8(6-18-12)5-11(16)17/h2-4,6H,5H2,1H3,(H,14,15)(H,16,17). The van der Waals surface area contributed by atoms with Crippen LogP contribution in [0.5, 0.6) is 0 Å². The fourth-order valence-electron chi connectivity index (χ4n) is 1.45. The van der Waals surface area contributed by atoms with Gasteiger partial charge in [0.2, 0.25) is 0 Å². The molecule has 2 rings (SSSR count). The van der Waals surface area contributed by atoms with Gasteiger partial charge in [0, 0.05) is 9.85 Å². The van der Waals surface area contributed by atoms with E-state index in [9.17, 15) is 4.79 Å². The normalized spacial score (nSPS) is 10.3. The third-order valence-electron chi connectivity index (χ3n) is 2.25. The fraction of sp³-hybridized carbons (Fsp3) is 0.167. The molecule has 94 valence electrons. The predicted molar refractivity (Wildman–Crippen MR) is 75.6 cm³/mol. The highest BCUT2D eigenvalue weighted by molar-refractivity contribution is 9.10. The first-order chi connectivity index (χ1) is 8.54. The average molecular weight is 327 g/mol. The first kappa shape index (κ1) is 13.0. The van der Waals surface area contributed by atoms with Gasteiger partial charge in [0.25, 0.3) is 0 Å². The number of thiazole rings is 1. The smallest absolute Gasteiger partial charge is 0.309 e. The molecule has 18 heavy (non-hydrogen) atoms. The molecule has 6 heteroatoms. The second-order valence-electron chi connectivity index (χ2n) is 3.82. The van der Waals surface area contributed by atoms with Crippen molar-refractivity contribution in [3.05, 3.63) is 39.3 Å². The number of hydrogen-bond donors (Lipinski definition) is 2. The van der Waals surface area contributed by atoms with E-state index in [1.165, 1.54) is 11.3 Å². The van der Waals surface area contributed by atoms with E-state index in [0.29, 0.717) is 10.8 Å². The molecule has 0 aliphatic heterocycles. The minimum absolute atomic E-state index is 0.0484. The quantitative estimate of drug-likeness (QED) is 0.901. The van der Waals surface area contributed by atoms with Gasteiger partial charge in [-0.05, 0) is 40.5 Å². The summed E-state index contributed by atoms with van der Waals surface area (Å²) in [5.74, 6) is -0.872. The largest absolute Gasteiger partial charge is 0.481 e. The van der Waals surface area contributed by atoms with Gasteiger partial charge in [-0.3, -0.25) is 4.79 Å². The van der Waals surface area contributed by atoms with Crippen molar-refractivity contribution in [2.45, 2.75) is 13.3 Å². The highest BCUT2D eigenvalue weighted by atomic mass is 79.9. The number of hydrogen-bond acceptors (Lipinski definition) is 4. The molecule has 0 bridgehead atoms. The van der Waals surface area contributed by atoms with E-state index in [4.69, 9.17) is 5.11 Å². The summed E-state index contributed by atoms with van der Waals surface area (Å²) in [7, 11) is 0. The molecule has 0 saturated heterocycles. The summed E-state index contributed by atoms with van der Waals surface area (Å²) in [6.07, 6.45) is -0.0484. The molecule has 1 heterocycles. The molecule has 1 aromatic heterocycles. The molecule has 2 N–H and O–H groups in total. The van der Waals surface area contributed by atoms with Crippen molar-refractivity contribution in [3.63, 3.8) is 0 Å². The number of carboxylic acids is 1. The zero-order valence-corrected chi connectivity index (χ0v) is 12.0. The van der Waals surface area contributed by atoms with Crippen LogP contribution in [0.1, 0.15) is 11.3 Å². The van der Waals surface area contributed by atoms with Crippen molar-refractivity contribution >= 4 is 44.1 Å². The lowest BCUT2D eigenvalue weighted by molar-refractivity contribution is -0.136. The molecule has 1 aromatic carbocycles. The van der Waals surface area contributed by atoms with E-state index in [0.717, 1.165) is 15.7 Å². The zero-order valence-electron chi connectivity index (χ0n) is 9.61. The summed E-state index contributed by atoms with van der Waals surface area (Å²) in [5.41, 5.74) is 2.63. The van der Waals surface area contributed by atoms with Crippen LogP contribution >= 0.6 is 27.3 Å². The Balaban J connectivity index is 2.16. The van der Waals surface area contributed by atoms with Crippen molar-refractivity contribution in [1.29, 1.82) is 0 Å². The monoisotopic (exact) mass is 326 g/mol. The van der Waals surface area contributed by atoms with E-state index in [1.54, 1.807) is 5.38 Å². The van der Waals surface area contributed by atoms with Crippen LogP contribution in [0.3, 0.4) is 0 Å². The molecule has 0 saturated carbocycles. The van der Waals surface area contributed by atoms with Crippen LogP contribution in [0.15, 0.2) is 28.1 Å². The molecule has 4 nitrogen and oxygen atoms in total. The second-order valence-corrected chi connectivity index (χ2v) is 5.54. The van der Waals surface area contributed by atoms with E-state index >= 15 is 0 Å². The van der Waals surface area contributed by atoms with Gasteiger partial charge in [0.05, 0.1) is 17.8 Å². The molecule has 0 aliphatic carbocycles. The van der Waals surface area contributed by atoms with Crippen molar-refractivity contribution < 1.29 is 9.90 Å². The molecular weight excluding hydrogens is 316 g/mol. The number of halogens is 1. The Labute approximate surface area is 117 Å². The van der Waals surface area contributed by atoms with Crippen LogP contribution in [0, 0.1) is 6.92 Å². The van der Waals surface area contributed by atoms with Gasteiger partial charge in [-0.2, -0.15) is 0 Å². The highest BCUT2D eigenvalue weighted by Crippen LogP contribution is 2.28. The minimum Gasteiger partial charge on any atom is -0.481 e. The third kappa shape index (κ3) is 3.30. The summed E-state index contributed by atoms with van der Waals surface area (Å²) >= 11 is 4.85. The number of aryl methyl sites for hydroxylation is 1. The molecule has 0 spiro atoms. The van der Waals surface area contributed by atoms with Crippen molar-refractivity contribution in [1.82, 2.24) is 4.98 Å². The summed E-state index contributed by atoms with van der Waals surface area (Å²) in [6.45, 7) is 2.01. The summed E-state index contributed by atoms with van der Waals surface area (Å²) in [5, 5.41) is 14.3. The van der Waals surface area contributed by atoms with Gasteiger partial charge in [-0.25, -0.2) is 4.98 Å². The fourth-order valence-corrected chi connectivity index (χ4v) is 2.52. The maximum atomic E-state index is 10.6. The van der Waals surface area contributed by atoms with Crippen LogP contribution in [0.2, 0.25) is 0 Å². The van der Waals surface area contributed by atoms with E-state index in [-0.39, 0.29) is 6.42 Å². The van der Waals surface area contributed by atoms with Gasteiger partial charge in [-0.15, -0.1) is 11.3 Å². The number of aliphatic carboxylic acids is 1. The van der Waals surface area contributed by atoms with Gasteiger partial charge in [-0.1, -0.05) is 6.07 Å². The average Bonchev–Trinajstić information content (AvgIpc) is 2.70. The molecule has 0 atom stereocenters. The Bertz CT molecular complexity index is 583. The minimum atomic E-state index is -0.872. The van der Waals surface area contributed by atoms with Crippen LogP contribution in [-0.4, -0.2) is 16.1 Å². The Morgan fingerprint density at radius 3 is 3.06 bits per heavy atom. The molecule has 0 radical (unpaired) electrons. The Morgan fingerprint density at radius 2 is 2.33 bits per heavy atom. The molecule has 0 fully saturated rings. The SMILES string of the molecule is Cc1ccc(Br)c(Nc2nc(CC(=O)O)cs2)c1. The lowest BCUT2D eigenvalue weighted by atomic mass is 10.2. The number of aromatic nitrogens is 1. The Hall–Kier alpha value is -1.40. The van der Waals surface area contributed by atoms with Crippen LogP contribution in [-0.2, 0) is 11.2 Å². The molecule has 0 amide bonds. The number of benzene rings is 1. The van der Waals surface area contributed by atoms with Gasteiger partial charge < -0.3 is 10.4 Å². The zero-order chi connectivity index (χ0) is 13.1. The Morgan fingerprint density at radius 1 is 1.56 bits per heavy atom. The molecule has 0 unspecified atom stereocenters. The topological polar surface area (TPSA) is 62.2 Å². The molecule has 0 aliphatic rings. The first-order valence-electron chi connectivity index (χ1n) is 5.24. The summed E-state index contributed by atoms with van der Waals surface area (Å²) < 4.78 is 0.947. The van der Waals surface area contributed by atoms with Crippen LogP contribution in [0.25, 0.3) is 0 Å². The maximum Gasteiger partial charge on any atom is 0.309 e. The maximum absolute atomic E-state index is 10.6. The van der Waals surface area contributed by atoms with Crippen molar-refractivity contribution in [2.75, 3.05) is 5.32 Å². The summed E-state index contributed by atoms with van der Waals surface area (Å²) in [6, 6.07) is 5.97. The number of nitrogens with zero attached hydrogens (tertiary/aromatic N) is 1. The van der Waals surface area contributed by atoms with E-state index in [1.807, 2.05) is 25.1 Å². The highest BCUT2D eigenvalue weighted by Gasteiger charge is 2.07. The van der Waals surface area contributed by atoms with Crippen LogP contribution in [0.4, 0.5) is 10.8 Å². The number of rotatable bonds is 4. The summed E-state index contributed by atoms with van der Waals surface area (Å²) in [4.78, 5) is 14.8. The van der Waals surface area contributed by atoms with E-state index in [2.05, 4.69) is 26.2 Å². The number of anilines is 2. The molecular formula is C12H11BrN2O2S. The van der Waals surface area contributed by atoms with Crippen molar-refractivity contribution in [2.24, 2.45) is 0 Å². The first-order valence-corrected chi connectivity index (χ1v) is 6.91. The van der Waals surface area contributed by atoms with E-state index < -0.39 is 5.97 Å². The second kappa shape index (κ2) is 5.49. The van der Waals surface area contributed by atoms with Crippen molar-refractivity contribution in [3.8, 4) is 0 Å². The lowest BCUT2D eigenvalue weighted by Crippen LogP contribution is -2.00. The lowest BCUT2D eigenvalue weighted by Gasteiger charge is -2.06. The number of nitrogens with one attached hydrogen (secondary N) is 1. The van der Waals surface area contributed by atoms with Crippen LogP contribution < -0.4 is 5.32 Å². The molecule has 2 aromatic rings. The Kier molecular flexibility index (Phi) is 3.98. The third-order valence-corrected chi connectivity index (χ3v) is 3.75. The van der Waals surface area contributed by atoms with Gasteiger partial charge >= 0.3 is 5.97 Å². The van der Waals surface area contributed by atoms with Gasteiger partial charge in [0.1, 0.15) is 0 Å². The number of carboxylic acid groups (broad SMARTS) is 1. The number of carbonyl (C=O) groups is 1. The predicted octanol–water partition coefficient (Wildman–Crippen LogP) is 3.58. The van der Waals surface area contributed by atoms with Gasteiger partial charge in [0.15, 0.2) is 5.13 Å².